The number of carbonyl (C=O) groups excluding carboxylic acids is 2. The topological polar surface area (TPSA) is 83.1 Å². The number of amides is 3. The minimum Gasteiger partial charge on any atom is -0.457 e. The number of nitrogens with zero attached hydrogens (tertiary/aromatic N) is 2. The van der Waals surface area contributed by atoms with E-state index in [0.717, 1.165) is 44.8 Å². The van der Waals surface area contributed by atoms with Crippen molar-refractivity contribution in [2.24, 2.45) is 0 Å². The Hall–Kier alpha value is -3.88. The number of hydrogen-bond acceptors (Lipinski definition) is 5. The Labute approximate surface area is 224 Å². The van der Waals surface area contributed by atoms with E-state index < -0.39 is 6.04 Å². The molecule has 0 bridgehead atoms. The molecule has 3 aromatic carbocycles. The maximum atomic E-state index is 13.2. The molecule has 0 aromatic heterocycles. The van der Waals surface area contributed by atoms with Gasteiger partial charge in [-0.2, -0.15) is 0 Å². The highest BCUT2D eigenvalue weighted by atomic mass is 16.5. The summed E-state index contributed by atoms with van der Waals surface area (Å²) in [5.74, 6) is 1.14. The van der Waals surface area contributed by atoms with E-state index in [1.54, 1.807) is 13.1 Å². The lowest BCUT2D eigenvalue weighted by atomic mass is 10.1. The van der Waals surface area contributed by atoms with E-state index in [1.165, 1.54) is 4.90 Å². The van der Waals surface area contributed by atoms with Gasteiger partial charge in [0.2, 0.25) is 5.91 Å². The van der Waals surface area contributed by atoms with Crippen molar-refractivity contribution in [1.82, 2.24) is 15.5 Å². The summed E-state index contributed by atoms with van der Waals surface area (Å²) in [4.78, 5) is 30.2. The molecule has 1 aliphatic rings. The fraction of sp³-hybridized carbons (Fsp3) is 0.333. The van der Waals surface area contributed by atoms with Crippen LogP contribution in [0.15, 0.2) is 84.9 Å². The van der Waals surface area contributed by atoms with Crippen LogP contribution in [0.1, 0.15) is 12.0 Å². The SMILES string of the molecule is CN(C(=O)N[C@H](Cc1ccccc1)C(=O)NCCCN1CCOCC1)c1cccc(Oc2ccccc2)c1. The Bertz CT molecular complexity index is 1150. The molecular weight excluding hydrogens is 480 g/mol. The Morgan fingerprint density at radius 3 is 2.37 bits per heavy atom. The zero-order chi connectivity index (χ0) is 26.6. The number of morpholine rings is 1. The van der Waals surface area contributed by atoms with E-state index in [2.05, 4.69) is 15.5 Å². The molecule has 4 rings (SSSR count). The summed E-state index contributed by atoms with van der Waals surface area (Å²) >= 11 is 0. The molecular formula is C30H36N4O4. The first-order valence-corrected chi connectivity index (χ1v) is 13.1. The second-order valence-electron chi connectivity index (χ2n) is 9.26. The molecule has 38 heavy (non-hydrogen) atoms. The molecule has 1 fully saturated rings. The van der Waals surface area contributed by atoms with Crippen LogP contribution in [0.3, 0.4) is 0 Å². The molecule has 3 aromatic rings. The van der Waals surface area contributed by atoms with Crippen molar-refractivity contribution in [1.29, 1.82) is 0 Å². The second kappa shape index (κ2) is 14.2. The lowest BCUT2D eigenvalue weighted by Crippen LogP contribution is -2.52. The standard InChI is InChI=1S/C30H36N4O4/c1-33(25-12-8-15-27(23-25)38-26-13-6-3-7-14-26)30(36)32-28(22-24-10-4-2-5-11-24)29(35)31-16-9-17-34-18-20-37-21-19-34/h2-8,10-15,23,28H,9,16-22H2,1H3,(H,31,35)(H,32,36)/t28-/m1/s1. The molecule has 3 amide bonds. The fourth-order valence-corrected chi connectivity index (χ4v) is 4.26. The van der Waals surface area contributed by atoms with E-state index in [-0.39, 0.29) is 11.9 Å². The smallest absolute Gasteiger partial charge is 0.322 e. The molecule has 8 nitrogen and oxygen atoms in total. The van der Waals surface area contributed by atoms with E-state index in [4.69, 9.17) is 9.47 Å². The van der Waals surface area contributed by atoms with Crippen LogP contribution in [-0.2, 0) is 16.0 Å². The van der Waals surface area contributed by atoms with Crippen molar-refractivity contribution in [3.63, 3.8) is 0 Å². The lowest BCUT2D eigenvalue weighted by molar-refractivity contribution is -0.122. The van der Waals surface area contributed by atoms with Gasteiger partial charge in [0.1, 0.15) is 17.5 Å². The van der Waals surface area contributed by atoms with Gasteiger partial charge >= 0.3 is 6.03 Å². The van der Waals surface area contributed by atoms with Crippen molar-refractivity contribution >= 4 is 17.6 Å². The van der Waals surface area contributed by atoms with Gasteiger partial charge in [-0.3, -0.25) is 14.6 Å². The summed E-state index contributed by atoms with van der Waals surface area (Å²) in [5, 5.41) is 5.94. The summed E-state index contributed by atoms with van der Waals surface area (Å²) < 4.78 is 11.3. The van der Waals surface area contributed by atoms with Gasteiger partial charge in [0.15, 0.2) is 0 Å². The number of anilines is 1. The summed E-state index contributed by atoms with van der Waals surface area (Å²) in [5.41, 5.74) is 1.63. The first kappa shape index (κ1) is 27.2. The molecule has 0 spiro atoms. The van der Waals surface area contributed by atoms with Crippen LogP contribution in [-0.4, -0.2) is 69.3 Å². The van der Waals surface area contributed by atoms with Crippen LogP contribution < -0.4 is 20.3 Å². The van der Waals surface area contributed by atoms with Gasteiger partial charge in [0.05, 0.1) is 13.2 Å². The third-order valence-electron chi connectivity index (χ3n) is 6.44. The van der Waals surface area contributed by atoms with Gasteiger partial charge in [-0.15, -0.1) is 0 Å². The van der Waals surface area contributed by atoms with Gasteiger partial charge in [-0.05, 0) is 42.8 Å². The zero-order valence-electron chi connectivity index (χ0n) is 21.8. The normalized spacial score (nSPS) is 14.3. The number of carbonyl (C=O) groups is 2. The molecule has 0 radical (unpaired) electrons. The highest BCUT2D eigenvalue weighted by Gasteiger charge is 2.23. The van der Waals surface area contributed by atoms with Crippen molar-refractivity contribution in [2.75, 3.05) is 51.3 Å². The number of benzene rings is 3. The van der Waals surface area contributed by atoms with E-state index in [1.807, 2.05) is 78.9 Å². The fourth-order valence-electron chi connectivity index (χ4n) is 4.26. The number of urea groups is 1. The van der Waals surface area contributed by atoms with E-state index in [0.29, 0.717) is 30.2 Å². The predicted molar refractivity (Wildman–Crippen MR) is 149 cm³/mol. The van der Waals surface area contributed by atoms with Crippen molar-refractivity contribution < 1.29 is 19.1 Å². The molecule has 1 heterocycles. The van der Waals surface area contributed by atoms with E-state index in [9.17, 15) is 9.59 Å². The molecule has 200 valence electrons. The minimum atomic E-state index is -0.709. The number of nitrogens with one attached hydrogen (secondary N) is 2. The molecule has 1 saturated heterocycles. The van der Waals surface area contributed by atoms with E-state index >= 15 is 0 Å². The minimum absolute atomic E-state index is 0.196. The van der Waals surface area contributed by atoms with Crippen molar-refractivity contribution in [3.8, 4) is 11.5 Å². The maximum absolute atomic E-state index is 13.2. The van der Waals surface area contributed by atoms with Crippen molar-refractivity contribution in [3.05, 3.63) is 90.5 Å². The largest absolute Gasteiger partial charge is 0.457 e. The van der Waals surface area contributed by atoms with Crippen LogP contribution in [0.25, 0.3) is 0 Å². The number of rotatable bonds is 11. The Morgan fingerprint density at radius 2 is 1.63 bits per heavy atom. The summed E-state index contributed by atoms with van der Waals surface area (Å²) in [6.45, 7) is 4.81. The maximum Gasteiger partial charge on any atom is 0.322 e. The Morgan fingerprint density at radius 1 is 0.947 bits per heavy atom. The van der Waals surface area contributed by atoms with Crippen LogP contribution in [0.2, 0.25) is 0 Å². The van der Waals surface area contributed by atoms with Gasteiger partial charge in [-0.25, -0.2) is 4.79 Å². The second-order valence-corrected chi connectivity index (χ2v) is 9.26. The quantitative estimate of drug-likeness (QED) is 0.376. The first-order valence-electron chi connectivity index (χ1n) is 13.1. The molecule has 1 atom stereocenters. The third-order valence-corrected chi connectivity index (χ3v) is 6.44. The van der Waals surface area contributed by atoms with Gasteiger partial charge in [-0.1, -0.05) is 54.6 Å². The molecule has 8 heteroatoms. The van der Waals surface area contributed by atoms with Gasteiger partial charge < -0.3 is 20.1 Å². The molecule has 0 aliphatic carbocycles. The van der Waals surface area contributed by atoms with Crippen LogP contribution in [0, 0.1) is 0 Å². The summed E-state index contributed by atoms with van der Waals surface area (Å²) in [6, 6.07) is 25.4. The molecule has 1 aliphatic heterocycles. The van der Waals surface area contributed by atoms with Crippen molar-refractivity contribution in [2.45, 2.75) is 18.9 Å². The lowest BCUT2D eigenvalue weighted by Gasteiger charge is -2.27. The number of ether oxygens (including phenoxy) is 2. The number of hydrogen-bond donors (Lipinski definition) is 2. The molecule has 2 N–H and O–H groups in total. The Balaban J connectivity index is 1.36. The number of para-hydroxylation sites is 1. The average molecular weight is 517 g/mol. The predicted octanol–water partition coefficient (Wildman–Crippen LogP) is 4.07. The van der Waals surface area contributed by atoms with Gasteiger partial charge in [0, 0.05) is 44.9 Å². The zero-order valence-corrected chi connectivity index (χ0v) is 21.8. The van der Waals surface area contributed by atoms with Crippen LogP contribution in [0.4, 0.5) is 10.5 Å². The highest BCUT2D eigenvalue weighted by Crippen LogP contribution is 2.25. The molecule has 0 saturated carbocycles. The summed E-state index contributed by atoms with van der Waals surface area (Å²) in [7, 11) is 1.68. The first-order chi connectivity index (χ1) is 18.6. The highest BCUT2D eigenvalue weighted by molar-refractivity contribution is 5.95. The van der Waals surface area contributed by atoms with Crippen LogP contribution in [0.5, 0.6) is 11.5 Å². The summed E-state index contributed by atoms with van der Waals surface area (Å²) in [6.07, 6.45) is 1.23. The van der Waals surface area contributed by atoms with Crippen LogP contribution >= 0.6 is 0 Å². The van der Waals surface area contributed by atoms with Gasteiger partial charge in [0.25, 0.3) is 0 Å². The average Bonchev–Trinajstić information content (AvgIpc) is 2.96. The Kier molecular flexibility index (Phi) is 10.1. The molecule has 0 unspecified atom stereocenters. The third kappa shape index (κ3) is 8.33. The monoisotopic (exact) mass is 516 g/mol.